The Morgan fingerprint density at radius 3 is 2.58 bits per heavy atom. The summed E-state index contributed by atoms with van der Waals surface area (Å²) in [6.45, 7) is 4.14. The van der Waals surface area contributed by atoms with Crippen LogP contribution in [-0.2, 0) is 4.79 Å². The summed E-state index contributed by atoms with van der Waals surface area (Å²) in [5.41, 5.74) is 5.68. The molecule has 0 rings (SSSR count). The maximum Gasteiger partial charge on any atom is 0.304 e. The molecule has 0 saturated carbocycles. The van der Waals surface area contributed by atoms with Crippen molar-refractivity contribution in [3.8, 4) is 0 Å². The smallest absolute Gasteiger partial charge is 0.304 e. The lowest BCUT2D eigenvalue weighted by Gasteiger charge is -2.17. The fourth-order valence-corrected chi connectivity index (χ4v) is 1.14. The molecule has 0 fully saturated rings. The third-order valence-electron chi connectivity index (χ3n) is 2.15. The van der Waals surface area contributed by atoms with Gasteiger partial charge in [0.15, 0.2) is 0 Å². The highest BCUT2D eigenvalue weighted by Crippen LogP contribution is 2.12. The summed E-state index contributed by atoms with van der Waals surface area (Å²) >= 11 is 0. The molecule has 3 heteroatoms. The minimum Gasteiger partial charge on any atom is -0.481 e. The molecule has 0 aromatic heterocycles. The van der Waals surface area contributed by atoms with Crippen molar-refractivity contribution in [2.45, 2.75) is 45.6 Å². The highest BCUT2D eigenvalue weighted by atomic mass is 16.4. The number of rotatable bonds is 6. The molecule has 0 spiro atoms. The second-order valence-corrected chi connectivity index (χ2v) is 3.38. The van der Waals surface area contributed by atoms with E-state index in [0.29, 0.717) is 5.92 Å². The summed E-state index contributed by atoms with van der Waals surface area (Å²) in [4.78, 5) is 10.3. The van der Waals surface area contributed by atoms with Crippen LogP contribution in [-0.4, -0.2) is 17.1 Å². The summed E-state index contributed by atoms with van der Waals surface area (Å²) in [6, 6.07) is -0.186. The monoisotopic (exact) mass is 173 g/mol. The number of unbranched alkanes of at least 4 members (excludes halogenated alkanes) is 1. The van der Waals surface area contributed by atoms with Crippen LogP contribution < -0.4 is 5.73 Å². The van der Waals surface area contributed by atoms with Crippen LogP contribution in [0.5, 0.6) is 0 Å². The predicted octanol–water partition coefficient (Wildman–Crippen LogP) is 1.61. The molecular weight excluding hydrogens is 154 g/mol. The van der Waals surface area contributed by atoms with Gasteiger partial charge in [-0.3, -0.25) is 4.79 Å². The van der Waals surface area contributed by atoms with Gasteiger partial charge in [-0.25, -0.2) is 0 Å². The van der Waals surface area contributed by atoms with Crippen LogP contribution in [0.1, 0.15) is 39.5 Å². The van der Waals surface area contributed by atoms with E-state index in [0.717, 1.165) is 19.3 Å². The van der Waals surface area contributed by atoms with Gasteiger partial charge in [-0.15, -0.1) is 0 Å². The maximum absolute atomic E-state index is 10.3. The fraction of sp³-hybridized carbons (Fsp3) is 0.889. The number of carboxylic acid groups (broad SMARTS) is 1. The third-order valence-corrected chi connectivity index (χ3v) is 2.15. The standard InChI is InChI=1S/C9H19NO2/c1-3-4-5-7(2)8(10)6-9(11)12/h7-8H,3-6,10H2,1-2H3,(H,11,12)/t7-,8+/m0/s1. The second-order valence-electron chi connectivity index (χ2n) is 3.38. The van der Waals surface area contributed by atoms with Gasteiger partial charge in [0.1, 0.15) is 0 Å². The first-order chi connectivity index (χ1) is 5.57. The molecular formula is C9H19NO2. The Morgan fingerprint density at radius 2 is 2.17 bits per heavy atom. The Morgan fingerprint density at radius 1 is 1.58 bits per heavy atom. The van der Waals surface area contributed by atoms with Crippen LogP contribution in [0.15, 0.2) is 0 Å². The molecule has 12 heavy (non-hydrogen) atoms. The van der Waals surface area contributed by atoms with E-state index < -0.39 is 5.97 Å². The average molecular weight is 173 g/mol. The first-order valence-corrected chi connectivity index (χ1v) is 4.55. The van der Waals surface area contributed by atoms with Crippen molar-refractivity contribution in [1.29, 1.82) is 0 Å². The zero-order valence-electron chi connectivity index (χ0n) is 7.92. The largest absolute Gasteiger partial charge is 0.481 e. The van der Waals surface area contributed by atoms with Crippen molar-refractivity contribution in [2.75, 3.05) is 0 Å². The summed E-state index contributed by atoms with van der Waals surface area (Å²) < 4.78 is 0. The number of nitrogens with two attached hydrogens (primary N) is 1. The summed E-state index contributed by atoms with van der Waals surface area (Å²) in [6.07, 6.45) is 3.40. The minimum absolute atomic E-state index is 0.0882. The lowest BCUT2D eigenvalue weighted by Crippen LogP contribution is -2.30. The highest BCUT2D eigenvalue weighted by molar-refractivity contribution is 5.67. The van der Waals surface area contributed by atoms with Crippen molar-refractivity contribution in [3.05, 3.63) is 0 Å². The van der Waals surface area contributed by atoms with Gasteiger partial charge in [-0.05, 0) is 12.3 Å². The summed E-state index contributed by atoms with van der Waals surface area (Å²) in [5.74, 6) is -0.480. The molecule has 3 nitrogen and oxygen atoms in total. The van der Waals surface area contributed by atoms with Crippen molar-refractivity contribution < 1.29 is 9.90 Å². The van der Waals surface area contributed by atoms with Crippen LogP contribution in [0, 0.1) is 5.92 Å². The molecule has 0 aliphatic heterocycles. The van der Waals surface area contributed by atoms with E-state index in [9.17, 15) is 4.79 Å². The van der Waals surface area contributed by atoms with Gasteiger partial charge in [-0.1, -0.05) is 26.7 Å². The number of hydrogen-bond donors (Lipinski definition) is 2. The number of hydrogen-bond acceptors (Lipinski definition) is 2. The lowest BCUT2D eigenvalue weighted by atomic mass is 9.94. The molecule has 0 aliphatic rings. The zero-order valence-corrected chi connectivity index (χ0v) is 7.92. The summed E-state index contributed by atoms with van der Waals surface area (Å²) in [7, 11) is 0. The van der Waals surface area contributed by atoms with Crippen molar-refractivity contribution in [1.82, 2.24) is 0 Å². The molecule has 0 unspecified atom stereocenters. The molecule has 0 aromatic carbocycles. The Bertz CT molecular complexity index is 136. The van der Waals surface area contributed by atoms with Gasteiger partial charge in [0.2, 0.25) is 0 Å². The van der Waals surface area contributed by atoms with Gasteiger partial charge in [-0.2, -0.15) is 0 Å². The molecule has 0 aromatic rings. The van der Waals surface area contributed by atoms with E-state index in [1.165, 1.54) is 0 Å². The van der Waals surface area contributed by atoms with Crippen LogP contribution >= 0.6 is 0 Å². The molecule has 72 valence electrons. The van der Waals surface area contributed by atoms with Crippen LogP contribution in [0.25, 0.3) is 0 Å². The van der Waals surface area contributed by atoms with E-state index >= 15 is 0 Å². The van der Waals surface area contributed by atoms with Crippen molar-refractivity contribution in [3.63, 3.8) is 0 Å². The molecule has 0 heterocycles. The highest BCUT2D eigenvalue weighted by Gasteiger charge is 2.14. The quantitative estimate of drug-likeness (QED) is 0.641. The van der Waals surface area contributed by atoms with Crippen LogP contribution in [0.2, 0.25) is 0 Å². The van der Waals surface area contributed by atoms with E-state index in [1.54, 1.807) is 0 Å². The third kappa shape index (κ3) is 5.13. The Balaban J connectivity index is 3.60. The number of carboxylic acids is 1. The lowest BCUT2D eigenvalue weighted by molar-refractivity contribution is -0.137. The average Bonchev–Trinajstić information content (AvgIpc) is 1.98. The SMILES string of the molecule is CCCC[C@H](C)[C@H](N)CC(=O)O. The zero-order chi connectivity index (χ0) is 9.56. The first kappa shape index (κ1) is 11.4. The van der Waals surface area contributed by atoms with Gasteiger partial charge >= 0.3 is 5.97 Å². The molecule has 0 radical (unpaired) electrons. The van der Waals surface area contributed by atoms with Gasteiger partial charge in [0, 0.05) is 6.04 Å². The molecule has 0 amide bonds. The molecule has 0 aliphatic carbocycles. The maximum atomic E-state index is 10.3. The summed E-state index contributed by atoms with van der Waals surface area (Å²) in [5, 5.41) is 8.48. The predicted molar refractivity (Wildman–Crippen MR) is 48.9 cm³/mol. The van der Waals surface area contributed by atoms with Gasteiger partial charge in [0.25, 0.3) is 0 Å². The Kier molecular flexibility index (Phi) is 5.72. The van der Waals surface area contributed by atoms with E-state index in [4.69, 9.17) is 10.8 Å². The molecule has 0 saturated heterocycles. The van der Waals surface area contributed by atoms with Crippen LogP contribution in [0.4, 0.5) is 0 Å². The Labute approximate surface area is 74.0 Å². The number of aliphatic carboxylic acids is 1. The molecule has 0 bridgehead atoms. The number of carbonyl (C=O) groups is 1. The van der Waals surface area contributed by atoms with Gasteiger partial charge < -0.3 is 10.8 Å². The van der Waals surface area contributed by atoms with E-state index in [1.807, 2.05) is 6.92 Å². The normalized spacial score (nSPS) is 15.6. The van der Waals surface area contributed by atoms with Gasteiger partial charge in [0.05, 0.1) is 6.42 Å². The van der Waals surface area contributed by atoms with Crippen molar-refractivity contribution >= 4 is 5.97 Å². The van der Waals surface area contributed by atoms with Crippen LogP contribution in [0.3, 0.4) is 0 Å². The van der Waals surface area contributed by atoms with E-state index in [2.05, 4.69) is 6.92 Å². The molecule has 2 atom stereocenters. The fourth-order valence-electron chi connectivity index (χ4n) is 1.14. The minimum atomic E-state index is -0.800. The first-order valence-electron chi connectivity index (χ1n) is 4.55. The van der Waals surface area contributed by atoms with Crippen molar-refractivity contribution in [2.24, 2.45) is 11.7 Å². The van der Waals surface area contributed by atoms with E-state index in [-0.39, 0.29) is 12.5 Å². The Hall–Kier alpha value is -0.570. The second kappa shape index (κ2) is 6.00. The topological polar surface area (TPSA) is 63.3 Å². The molecule has 3 N–H and O–H groups in total.